The third-order valence-electron chi connectivity index (χ3n) is 2.24. The number of esters is 1. The van der Waals surface area contributed by atoms with Gasteiger partial charge in [-0.25, -0.2) is 4.98 Å². The minimum absolute atomic E-state index is 0.145. The number of aromatic nitrogens is 1. The summed E-state index contributed by atoms with van der Waals surface area (Å²) in [5.41, 5.74) is 2.32. The molecule has 0 spiro atoms. The van der Waals surface area contributed by atoms with Gasteiger partial charge in [-0.3, -0.25) is 4.79 Å². The lowest BCUT2D eigenvalue weighted by atomic mass is 10.3. The predicted octanol–water partition coefficient (Wildman–Crippen LogP) is 2.11. The first-order valence-electron chi connectivity index (χ1n) is 5.45. The molecule has 0 atom stereocenters. The summed E-state index contributed by atoms with van der Waals surface area (Å²) in [4.78, 5) is 15.4. The second kappa shape index (κ2) is 4.86. The van der Waals surface area contributed by atoms with Crippen molar-refractivity contribution in [2.75, 3.05) is 18.5 Å². The molecule has 1 N–H and O–H groups in total. The smallest absolute Gasteiger partial charge is 0.325 e. The van der Waals surface area contributed by atoms with Gasteiger partial charge >= 0.3 is 5.97 Å². The number of anilines is 1. The number of fused-ring (bicyclic) bond motifs is 1. The van der Waals surface area contributed by atoms with Crippen LogP contribution in [-0.4, -0.2) is 24.1 Å². The Kier molecular flexibility index (Phi) is 3.27. The maximum absolute atomic E-state index is 11.2. The third-order valence-corrected chi connectivity index (χ3v) is 2.24. The Labute approximate surface area is 98.8 Å². The van der Waals surface area contributed by atoms with Crippen LogP contribution in [0, 0.1) is 6.92 Å². The van der Waals surface area contributed by atoms with Crippen molar-refractivity contribution in [1.29, 1.82) is 0 Å². The van der Waals surface area contributed by atoms with Gasteiger partial charge in [0.15, 0.2) is 11.5 Å². The van der Waals surface area contributed by atoms with Crippen molar-refractivity contribution in [3.8, 4) is 0 Å². The largest absolute Gasteiger partial charge is 0.465 e. The molecular weight excluding hydrogens is 220 g/mol. The van der Waals surface area contributed by atoms with Crippen LogP contribution in [0.25, 0.3) is 11.1 Å². The molecular formula is C12H14N2O3. The van der Waals surface area contributed by atoms with Crippen molar-refractivity contribution in [3.63, 3.8) is 0 Å². The lowest BCUT2D eigenvalue weighted by molar-refractivity contribution is -0.140. The number of oxazole rings is 1. The number of aryl methyl sites for hydroxylation is 1. The van der Waals surface area contributed by atoms with Crippen LogP contribution < -0.4 is 5.32 Å². The van der Waals surface area contributed by atoms with Gasteiger partial charge in [0.25, 0.3) is 0 Å². The van der Waals surface area contributed by atoms with Gasteiger partial charge in [-0.2, -0.15) is 0 Å². The van der Waals surface area contributed by atoms with E-state index in [0.717, 1.165) is 11.2 Å². The van der Waals surface area contributed by atoms with E-state index in [0.29, 0.717) is 18.1 Å². The number of ether oxygens (including phenoxy) is 1. The summed E-state index contributed by atoms with van der Waals surface area (Å²) in [6.45, 7) is 4.11. The summed E-state index contributed by atoms with van der Waals surface area (Å²) in [5.74, 6) is 0.351. The van der Waals surface area contributed by atoms with Gasteiger partial charge in [-0.1, -0.05) is 0 Å². The number of carbonyl (C=O) groups is 1. The lowest BCUT2D eigenvalue weighted by Crippen LogP contribution is -2.16. The summed E-state index contributed by atoms with van der Waals surface area (Å²) < 4.78 is 10.2. The van der Waals surface area contributed by atoms with E-state index >= 15 is 0 Å². The van der Waals surface area contributed by atoms with Gasteiger partial charge in [0, 0.05) is 18.7 Å². The predicted molar refractivity (Wildman–Crippen MR) is 63.9 cm³/mol. The van der Waals surface area contributed by atoms with Gasteiger partial charge in [-0.15, -0.1) is 0 Å². The van der Waals surface area contributed by atoms with E-state index in [1.165, 1.54) is 0 Å². The van der Waals surface area contributed by atoms with E-state index in [4.69, 9.17) is 9.15 Å². The van der Waals surface area contributed by atoms with Crippen LogP contribution in [-0.2, 0) is 9.53 Å². The Morgan fingerprint density at radius 1 is 1.53 bits per heavy atom. The molecule has 2 aromatic rings. The molecule has 90 valence electrons. The zero-order valence-electron chi connectivity index (χ0n) is 9.82. The van der Waals surface area contributed by atoms with Crippen molar-refractivity contribution in [2.45, 2.75) is 13.8 Å². The number of carbonyl (C=O) groups excluding carboxylic acids is 1. The van der Waals surface area contributed by atoms with Crippen LogP contribution in [0.2, 0.25) is 0 Å². The van der Waals surface area contributed by atoms with Crippen LogP contribution in [0.15, 0.2) is 22.6 Å². The molecule has 5 heteroatoms. The summed E-state index contributed by atoms with van der Waals surface area (Å²) in [5, 5.41) is 2.97. The number of hydrogen-bond acceptors (Lipinski definition) is 5. The molecule has 0 bridgehead atoms. The van der Waals surface area contributed by atoms with Crippen molar-refractivity contribution in [1.82, 2.24) is 4.98 Å². The molecule has 17 heavy (non-hydrogen) atoms. The Morgan fingerprint density at radius 3 is 3.12 bits per heavy atom. The fourth-order valence-corrected chi connectivity index (χ4v) is 1.54. The van der Waals surface area contributed by atoms with Crippen LogP contribution in [0.1, 0.15) is 12.8 Å². The second-order valence-electron chi connectivity index (χ2n) is 3.57. The first kappa shape index (κ1) is 11.4. The number of nitrogens with one attached hydrogen (secondary N) is 1. The average molecular weight is 234 g/mol. The highest BCUT2D eigenvalue weighted by Crippen LogP contribution is 2.19. The van der Waals surface area contributed by atoms with Gasteiger partial charge in [-0.05, 0) is 19.1 Å². The highest BCUT2D eigenvalue weighted by Gasteiger charge is 2.05. The van der Waals surface area contributed by atoms with Crippen molar-refractivity contribution in [2.24, 2.45) is 0 Å². The number of rotatable bonds is 4. The summed E-state index contributed by atoms with van der Waals surface area (Å²) in [6, 6.07) is 5.51. The van der Waals surface area contributed by atoms with E-state index in [-0.39, 0.29) is 12.5 Å². The lowest BCUT2D eigenvalue weighted by Gasteiger charge is -2.05. The topological polar surface area (TPSA) is 64.4 Å². The Morgan fingerprint density at radius 2 is 2.35 bits per heavy atom. The number of benzene rings is 1. The normalized spacial score (nSPS) is 10.5. The summed E-state index contributed by atoms with van der Waals surface area (Å²) in [7, 11) is 0. The molecule has 0 fully saturated rings. The van der Waals surface area contributed by atoms with E-state index in [2.05, 4.69) is 10.3 Å². The van der Waals surface area contributed by atoms with E-state index in [1.54, 1.807) is 13.8 Å². The molecule has 1 aromatic heterocycles. The zero-order chi connectivity index (χ0) is 12.3. The van der Waals surface area contributed by atoms with Crippen LogP contribution >= 0.6 is 0 Å². The van der Waals surface area contributed by atoms with Crippen LogP contribution in [0.4, 0.5) is 5.69 Å². The van der Waals surface area contributed by atoms with E-state index in [9.17, 15) is 4.79 Å². The Hall–Kier alpha value is -2.04. The molecule has 5 nitrogen and oxygen atoms in total. The van der Waals surface area contributed by atoms with E-state index in [1.807, 2.05) is 18.2 Å². The van der Waals surface area contributed by atoms with Crippen LogP contribution in [0.5, 0.6) is 0 Å². The highest BCUT2D eigenvalue weighted by atomic mass is 16.5. The molecule has 0 amide bonds. The molecule has 0 unspecified atom stereocenters. The van der Waals surface area contributed by atoms with Crippen molar-refractivity contribution < 1.29 is 13.9 Å². The molecule has 1 heterocycles. The van der Waals surface area contributed by atoms with Gasteiger partial charge in [0.1, 0.15) is 12.1 Å². The molecule has 2 rings (SSSR count). The first-order chi connectivity index (χ1) is 8.19. The molecule has 0 saturated heterocycles. The molecule has 0 saturated carbocycles. The van der Waals surface area contributed by atoms with Gasteiger partial charge < -0.3 is 14.5 Å². The van der Waals surface area contributed by atoms with Crippen molar-refractivity contribution >= 4 is 22.8 Å². The molecule has 0 aliphatic carbocycles. The number of hydrogen-bond donors (Lipinski definition) is 1. The fourth-order valence-electron chi connectivity index (χ4n) is 1.54. The quantitative estimate of drug-likeness (QED) is 0.821. The standard InChI is InChI=1S/C12H14N2O3/c1-3-16-12(15)7-13-9-4-5-10-11(6-9)17-8(2)14-10/h4-6,13H,3,7H2,1-2H3. The minimum atomic E-state index is -0.277. The summed E-state index contributed by atoms with van der Waals surface area (Å²) >= 11 is 0. The SMILES string of the molecule is CCOC(=O)CNc1ccc2nc(C)oc2c1. The van der Waals surface area contributed by atoms with Crippen LogP contribution in [0.3, 0.4) is 0 Å². The average Bonchev–Trinajstić information content (AvgIpc) is 2.66. The zero-order valence-corrected chi connectivity index (χ0v) is 9.82. The maximum atomic E-state index is 11.2. The molecule has 1 aromatic carbocycles. The second-order valence-corrected chi connectivity index (χ2v) is 3.57. The fraction of sp³-hybridized carbons (Fsp3) is 0.333. The van der Waals surface area contributed by atoms with Gasteiger partial charge in [0.2, 0.25) is 0 Å². The first-order valence-corrected chi connectivity index (χ1v) is 5.45. The van der Waals surface area contributed by atoms with Crippen molar-refractivity contribution in [3.05, 3.63) is 24.1 Å². The maximum Gasteiger partial charge on any atom is 0.325 e. The molecule has 0 aliphatic heterocycles. The van der Waals surface area contributed by atoms with Gasteiger partial charge in [0.05, 0.1) is 6.61 Å². The summed E-state index contributed by atoms with van der Waals surface area (Å²) in [6.07, 6.45) is 0. The Balaban J connectivity index is 2.06. The Bertz CT molecular complexity index is 534. The van der Waals surface area contributed by atoms with E-state index < -0.39 is 0 Å². The number of nitrogens with zero attached hydrogens (tertiary/aromatic N) is 1. The highest BCUT2D eigenvalue weighted by molar-refractivity contribution is 5.79. The minimum Gasteiger partial charge on any atom is -0.465 e. The monoisotopic (exact) mass is 234 g/mol. The molecule has 0 aliphatic rings. The molecule has 0 radical (unpaired) electrons. The third kappa shape index (κ3) is 2.75.